The summed E-state index contributed by atoms with van der Waals surface area (Å²) in [4.78, 5) is 15.9. The smallest absolute Gasteiger partial charge is 0.416 e. The molecule has 8 heteroatoms. The average Bonchev–Trinajstić information content (AvgIpc) is 3.17. The fraction of sp³-hybridized carbons (Fsp3) is 0.0667. The molecule has 0 bridgehead atoms. The maximum Gasteiger partial charge on any atom is 0.416 e. The lowest BCUT2D eigenvalue weighted by Gasteiger charge is -2.07. The molecule has 0 saturated carbocycles. The van der Waals surface area contributed by atoms with E-state index in [1.54, 1.807) is 5.38 Å². The first-order valence-electron chi connectivity index (χ1n) is 6.42. The van der Waals surface area contributed by atoms with Crippen LogP contribution in [0.5, 0.6) is 0 Å². The van der Waals surface area contributed by atoms with Crippen molar-refractivity contribution < 1.29 is 22.4 Å². The second kappa shape index (κ2) is 5.88. The van der Waals surface area contributed by atoms with Gasteiger partial charge in [-0.25, -0.2) is 4.98 Å². The van der Waals surface area contributed by atoms with E-state index in [2.05, 4.69) is 10.3 Å². The Balaban J connectivity index is 1.83. The molecule has 1 aromatic carbocycles. The van der Waals surface area contributed by atoms with Gasteiger partial charge in [-0.15, -0.1) is 11.3 Å². The van der Waals surface area contributed by atoms with Gasteiger partial charge in [0.15, 0.2) is 10.9 Å². The molecule has 0 saturated heterocycles. The number of rotatable bonds is 3. The van der Waals surface area contributed by atoms with Gasteiger partial charge >= 0.3 is 6.18 Å². The van der Waals surface area contributed by atoms with E-state index in [9.17, 15) is 18.0 Å². The summed E-state index contributed by atoms with van der Waals surface area (Å²) in [6.45, 7) is 0. The molecule has 0 aliphatic carbocycles. The normalized spacial score (nSPS) is 11.4. The lowest BCUT2D eigenvalue weighted by atomic mass is 10.1. The van der Waals surface area contributed by atoms with E-state index in [1.165, 1.54) is 41.8 Å². The molecule has 2 heterocycles. The Bertz CT molecular complexity index is 825. The Morgan fingerprint density at radius 2 is 2.04 bits per heavy atom. The van der Waals surface area contributed by atoms with Crippen LogP contribution in [-0.2, 0) is 6.18 Å². The number of aromatic nitrogens is 1. The van der Waals surface area contributed by atoms with Crippen LogP contribution in [0.2, 0.25) is 0 Å². The highest BCUT2D eigenvalue weighted by Gasteiger charge is 2.30. The second-order valence-electron chi connectivity index (χ2n) is 4.53. The van der Waals surface area contributed by atoms with Crippen LogP contribution in [0.4, 0.5) is 18.3 Å². The van der Waals surface area contributed by atoms with Crippen molar-refractivity contribution in [3.63, 3.8) is 0 Å². The molecule has 4 nitrogen and oxygen atoms in total. The minimum absolute atomic E-state index is 0.00684. The highest BCUT2D eigenvalue weighted by atomic mass is 32.1. The maximum absolute atomic E-state index is 12.7. The predicted molar refractivity (Wildman–Crippen MR) is 79.2 cm³/mol. The summed E-state index contributed by atoms with van der Waals surface area (Å²) in [6.07, 6.45) is -2.90. The van der Waals surface area contributed by atoms with Crippen LogP contribution in [0, 0.1) is 0 Å². The van der Waals surface area contributed by atoms with Crippen LogP contribution in [-0.4, -0.2) is 10.9 Å². The quantitative estimate of drug-likeness (QED) is 0.755. The minimum Gasteiger partial charge on any atom is -0.451 e. The number of benzene rings is 1. The Morgan fingerprint density at radius 3 is 2.74 bits per heavy atom. The van der Waals surface area contributed by atoms with Crippen molar-refractivity contribution in [3.8, 4) is 11.3 Å². The van der Waals surface area contributed by atoms with Gasteiger partial charge in [-0.2, -0.15) is 13.2 Å². The standard InChI is InChI=1S/C15H9F3N2O2S/c16-15(17,18)10-3-1-2-9(8-10)11-4-5-12(22-11)13(21)20-14-19-6-7-23-14/h1-8H,(H,19,20,21). The zero-order valence-electron chi connectivity index (χ0n) is 11.4. The molecule has 0 radical (unpaired) electrons. The SMILES string of the molecule is O=C(Nc1nccs1)c1ccc(-c2cccc(C(F)(F)F)c2)o1. The molecule has 23 heavy (non-hydrogen) atoms. The van der Waals surface area contributed by atoms with E-state index in [-0.39, 0.29) is 17.1 Å². The Labute approximate surface area is 132 Å². The summed E-state index contributed by atoms with van der Waals surface area (Å²) in [5.41, 5.74) is -0.534. The topological polar surface area (TPSA) is 55.1 Å². The number of nitrogens with one attached hydrogen (secondary N) is 1. The third kappa shape index (κ3) is 3.42. The van der Waals surface area contributed by atoms with Crippen molar-refractivity contribution in [3.05, 3.63) is 59.3 Å². The summed E-state index contributed by atoms with van der Waals surface area (Å²) in [5, 5.41) is 4.64. The third-order valence-corrected chi connectivity index (χ3v) is 3.65. The molecule has 0 aliphatic rings. The van der Waals surface area contributed by atoms with Crippen molar-refractivity contribution in [2.45, 2.75) is 6.18 Å². The third-order valence-electron chi connectivity index (χ3n) is 2.96. The number of nitrogens with zero attached hydrogens (tertiary/aromatic N) is 1. The molecule has 0 atom stereocenters. The summed E-state index contributed by atoms with van der Waals surface area (Å²) in [6, 6.07) is 7.57. The molecule has 1 N–H and O–H groups in total. The first kappa shape index (κ1) is 15.3. The first-order chi connectivity index (χ1) is 10.9. The summed E-state index contributed by atoms with van der Waals surface area (Å²) in [7, 11) is 0. The number of anilines is 1. The summed E-state index contributed by atoms with van der Waals surface area (Å²) in [5.74, 6) is -0.342. The molecule has 2 aromatic heterocycles. The van der Waals surface area contributed by atoms with Crippen molar-refractivity contribution in [1.29, 1.82) is 0 Å². The van der Waals surface area contributed by atoms with Gasteiger partial charge in [0.05, 0.1) is 5.56 Å². The molecular weight excluding hydrogens is 329 g/mol. The Kier molecular flexibility index (Phi) is 3.91. The van der Waals surface area contributed by atoms with E-state index in [0.717, 1.165) is 12.1 Å². The fourth-order valence-corrected chi connectivity index (χ4v) is 2.43. The van der Waals surface area contributed by atoms with E-state index in [0.29, 0.717) is 5.13 Å². The molecule has 0 fully saturated rings. The molecule has 0 spiro atoms. The first-order valence-corrected chi connectivity index (χ1v) is 7.30. The lowest BCUT2D eigenvalue weighted by molar-refractivity contribution is -0.137. The van der Waals surface area contributed by atoms with Gasteiger partial charge in [-0.3, -0.25) is 10.1 Å². The van der Waals surface area contributed by atoms with Crippen LogP contribution in [0.1, 0.15) is 16.1 Å². The van der Waals surface area contributed by atoms with Crippen LogP contribution in [0.15, 0.2) is 52.4 Å². The van der Waals surface area contributed by atoms with Crippen LogP contribution >= 0.6 is 11.3 Å². The van der Waals surface area contributed by atoms with Gasteiger partial charge in [0.2, 0.25) is 0 Å². The number of amides is 1. The fourth-order valence-electron chi connectivity index (χ4n) is 1.91. The van der Waals surface area contributed by atoms with E-state index >= 15 is 0 Å². The van der Waals surface area contributed by atoms with E-state index in [1.807, 2.05) is 0 Å². The molecule has 3 aromatic rings. The number of thiazole rings is 1. The van der Waals surface area contributed by atoms with Gasteiger partial charge < -0.3 is 4.42 Å². The van der Waals surface area contributed by atoms with E-state index < -0.39 is 17.6 Å². The van der Waals surface area contributed by atoms with Crippen molar-refractivity contribution in [1.82, 2.24) is 4.98 Å². The largest absolute Gasteiger partial charge is 0.451 e. The van der Waals surface area contributed by atoms with Crippen molar-refractivity contribution >= 4 is 22.4 Å². The molecule has 3 rings (SSSR count). The number of carbonyl (C=O) groups excluding carboxylic acids is 1. The van der Waals surface area contributed by atoms with Crippen molar-refractivity contribution in [2.24, 2.45) is 0 Å². The van der Waals surface area contributed by atoms with Crippen LogP contribution in [0.3, 0.4) is 0 Å². The summed E-state index contributed by atoms with van der Waals surface area (Å²) < 4.78 is 43.5. The zero-order chi connectivity index (χ0) is 16.4. The molecule has 0 unspecified atom stereocenters. The number of halogens is 3. The van der Waals surface area contributed by atoms with Gasteiger partial charge in [0, 0.05) is 17.1 Å². The Hall–Kier alpha value is -2.61. The number of hydrogen-bond acceptors (Lipinski definition) is 4. The molecule has 0 aliphatic heterocycles. The number of alkyl halides is 3. The number of carbonyl (C=O) groups is 1. The molecule has 1 amide bonds. The van der Waals surface area contributed by atoms with Gasteiger partial charge in [-0.05, 0) is 24.3 Å². The van der Waals surface area contributed by atoms with Gasteiger partial charge in [0.1, 0.15) is 5.76 Å². The lowest BCUT2D eigenvalue weighted by Crippen LogP contribution is -2.10. The zero-order valence-corrected chi connectivity index (χ0v) is 12.2. The number of furan rings is 1. The van der Waals surface area contributed by atoms with Crippen LogP contribution < -0.4 is 5.32 Å². The molecular formula is C15H9F3N2O2S. The van der Waals surface area contributed by atoms with Crippen molar-refractivity contribution in [2.75, 3.05) is 5.32 Å². The highest BCUT2D eigenvalue weighted by Crippen LogP contribution is 2.32. The minimum atomic E-state index is -4.44. The van der Waals surface area contributed by atoms with Crippen LogP contribution in [0.25, 0.3) is 11.3 Å². The van der Waals surface area contributed by atoms with E-state index in [4.69, 9.17) is 4.42 Å². The highest BCUT2D eigenvalue weighted by molar-refractivity contribution is 7.13. The van der Waals surface area contributed by atoms with Gasteiger partial charge in [0.25, 0.3) is 5.91 Å². The predicted octanol–water partition coefficient (Wildman–Crippen LogP) is 4.67. The average molecular weight is 338 g/mol. The summed E-state index contributed by atoms with van der Waals surface area (Å²) >= 11 is 1.24. The monoisotopic (exact) mass is 338 g/mol. The number of hydrogen-bond donors (Lipinski definition) is 1. The second-order valence-corrected chi connectivity index (χ2v) is 5.43. The van der Waals surface area contributed by atoms with Gasteiger partial charge in [-0.1, -0.05) is 12.1 Å². The maximum atomic E-state index is 12.7. The Morgan fingerprint density at radius 1 is 1.22 bits per heavy atom. The molecule has 118 valence electrons.